The lowest BCUT2D eigenvalue weighted by Crippen LogP contribution is -2.16. The minimum atomic E-state index is -0.141. The molecule has 2 aromatic heterocycles. The highest BCUT2D eigenvalue weighted by atomic mass is 16.5. The Bertz CT molecular complexity index is 945. The van der Waals surface area contributed by atoms with Gasteiger partial charge in [0, 0.05) is 23.2 Å². The molecule has 0 fully saturated rings. The van der Waals surface area contributed by atoms with Gasteiger partial charge in [0.1, 0.15) is 5.52 Å². The molecule has 3 rings (SSSR count). The smallest absolute Gasteiger partial charge is 0.187 e. The van der Waals surface area contributed by atoms with Crippen molar-refractivity contribution in [2.24, 2.45) is 0 Å². The van der Waals surface area contributed by atoms with E-state index in [2.05, 4.69) is 25.8 Å². The van der Waals surface area contributed by atoms with Crippen LogP contribution in [0.2, 0.25) is 0 Å². The Labute approximate surface area is 153 Å². The van der Waals surface area contributed by atoms with Crippen LogP contribution in [0.1, 0.15) is 37.9 Å². The molecule has 0 amide bonds. The summed E-state index contributed by atoms with van der Waals surface area (Å²) in [6.07, 6.45) is 7.39. The van der Waals surface area contributed by atoms with Crippen LogP contribution in [0.3, 0.4) is 0 Å². The molecule has 0 bridgehead atoms. The van der Waals surface area contributed by atoms with Gasteiger partial charge in [-0.05, 0) is 35.9 Å². The largest absolute Gasteiger partial charge is 0.493 e. The van der Waals surface area contributed by atoms with Gasteiger partial charge < -0.3 is 9.47 Å². The monoisotopic (exact) mass is 349 g/mol. The van der Waals surface area contributed by atoms with Crippen molar-refractivity contribution >= 4 is 23.1 Å². The summed E-state index contributed by atoms with van der Waals surface area (Å²) in [6, 6.07) is 7.77. The molecule has 0 aliphatic rings. The number of methoxy groups -OCH3 is 2. The number of nitrogens with zero attached hydrogens (tertiary/aromatic N) is 3. The first-order chi connectivity index (χ1) is 12.4. The van der Waals surface area contributed by atoms with E-state index in [1.807, 2.05) is 36.4 Å². The van der Waals surface area contributed by atoms with Crippen LogP contribution < -0.4 is 9.47 Å². The van der Waals surface area contributed by atoms with Crippen LogP contribution in [0.5, 0.6) is 11.5 Å². The Morgan fingerprint density at radius 1 is 0.962 bits per heavy atom. The zero-order chi connectivity index (χ0) is 18.7. The van der Waals surface area contributed by atoms with Crippen molar-refractivity contribution in [3.8, 4) is 11.5 Å². The van der Waals surface area contributed by atoms with E-state index in [-0.39, 0.29) is 5.41 Å². The highest BCUT2D eigenvalue weighted by molar-refractivity contribution is 5.90. The highest BCUT2D eigenvalue weighted by Gasteiger charge is 2.23. The topological polar surface area (TPSA) is 57.1 Å². The van der Waals surface area contributed by atoms with Gasteiger partial charge in [-0.1, -0.05) is 26.8 Å². The molecule has 3 aromatic rings. The van der Waals surface area contributed by atoms with Crippen LogP contribution in [0, 0.1) is 0 Å². The number of pyridine rings is 1. The molecule has 0 spiro atoms. The van der Waals surface area contributed by atoms with E-state index in [9.17, 15) is 0 Å². The quantitative estimate of drug-likeness (QED) is 0.693. The fraction of sp³-hybridized carbons (Fsp3) is 0.286. The molecule has 0 radical (unpaired) electrons. The molecule has 0 saturated heterocycles. The number of fused-ring (bicyclic) bond motifs is 1. The van der Waals surface area contributed by atoms with E-state index >= 15 is 0 Å². The van der Waals surface area contributed by atoms with E-state index in [4.69, 9.17) is 19.4 Å². The van der Waals surface area contributed by atoms with Gasteiger partial charge in [0.15, 0.2) is 17.3 Å². The van der Waals surface area contributed by atoms with E-state index in [1.54, 1.807) is 26.6 Å². The molecule has 0 aliphatic carbocycles. The molecule has 1 aromatic carbocycles. The molecule has 0 atom stereocenters. The molecule has 0 saturated carbocycles. The Morgan fingerprint density at radius 2 is 1.77 bits per heavy atom. The lowest BCUT2D eigenvalue weighted by molar-refractivity contribution is 0.358. The fourth-order valence-corrected chi connectivity index (χ4v) is 2.82. The second-order valence-corrected chi connectivity index (χ2v) is 7.00. The maximum Gasteiger partial charge on any atom is 0.187 e. The molecule has 26 heavy (non-hydrogen) atoms. The zero-order valence-corrected chi connectivity index (χ0v) is 15.8. The lowest BCUT2D eigenvalue weighted by Gasteiger charge is -2.21. The summed E-state index contributed by atoms with van der Waals surface area (Å²) in [7, 11) is 3.25. The maximum absolute atomic E-state index is 5.59. The summed E-state index contributed by atoms with van der Waals surface area (Å²) in [5, 5.41) is 0.966. The summed E-state index contributed by atoms with van der Waals surface area (Å²) < 4.78 is 11.0. The second-order valence-electron chi connectivity index (χ2n) is 7.00. The minimum absolute atomic E-state index is 0.141. The first kappa shape index (κ1) is 17.9. The van der Waals surface area contributed by atoms with Crippen molar-refractivity contribution in [2.75, 3.05) is 14.2 Å². The average molecular weight is 349 g/mol. The van der Waals surface area contributed by atoms with Crippen LogP contribution in [-0.2, 0) is 5.41 Å². The van der Waals surface area contributed by atoms with Crippen molar-refractivity contribution in [1.82, 2.24) is 15.0 Å². The summed E-state index contributed by atoms with van der Waals surface area (Å²) in [5.74, 6) is 1.90. The molecule has 0 aliphatic heterocycles. The molecule has 0 unspecified atom stereocenters. The Morgan fingerprint density at radius 3 is 2.38 bits per heavy atom. The summed E-state index contributed by atoms with van der Waals surface area (Å²) in [4.78, 5) is 13.6. The van der Waals surface area contributed by atoms with Gasteiger partial charge in [0.2, 0.25) is 0 Å². The van der Waals surface area contributed by atoms with Gasteiger partial charge in [0.05, 0.1) is 19.9 Å². The van der Waals surface area contributed by atoms with Crippen molar-refractivity contribution < 1.29 is 9.47 Å². The second kappa shape index (κ2) is 7.12. The van der Waals surface area contributed by atoms with Gasteiger partial charge in [-0.15, -0.1) is 0 Å². The van der Waals surface area contributed by atoms with Gasteiger partial charge >= 0.3 is 0 Å². The van der Waals surface area contributed by atoms with Crippen LogP contribution in [-0.4, -0.2) is 29.2 Å². The van der Waals surface area contributed by atoms with Crippen molar-refractivity contribution in [1.29, 1.82) is 0 Å². The Hall–Kier alpha value is -2.95. The molecular formula is C21H23N3O2. The number of hydrogen-bond donors (Lipinski definition) is 0. The maximum atomic E-state index is 5.59. The third kappa shape index (κ3) is 3.52. The minimum Gasteiger partial charge on any atom is -0.493 e. The molecule has 134 valence electrons. The highest BCUT2D eigenvalue weighted by Crippen LogP contribution is 2.38. The predicted octanol–water partition coefficient (Wildman–Crippen LogP) is 4.51. The van der Waals surface area contributed by atoms with Crippen molar-refractivity contribution in [3.05, 3.63) is 53.7 Å². The van der Waals surface area contributed by atoms with Gasteiger partial charge in [-0.25, -0.2) is 9.97 Å². The summed E-state index contributed by atoms with van der Waals surface area (Å²) in [6.45, 7) is 6.42. The number of aromatic nitrogens is 3. The number of ether oxygens (including phenoxy) is 2. The number of benzene rings is 1. The van der Waals surface area contributed by atoms with Crippen molar-refractivity contribution in [2.45, 2.75) is 26.2 Å². The first-order valence-corrected chi connectivity index (χ1v) is 8.45. The Balaban J connectivity index is 2.22. The van der Waals surface area contributed by atoms with Gasteiger partial charge in [-0.2, -0.15) is 0 Å². The fourth-order valence-electron chi connectivity index (χ4n) is 2.82. The average Bonchev–Trinajstić information content (AvgIpc) is 2.64. The Kier molecular flexibility index (Phi) is 4.89. The predicted molar refractivity (Wildman–Crippen MR) is 105 cm³/mol. The van der Waals surface area contributed by atoms with E-state index < -0.39 is 0 Å². The van der Waals surface area contributed by atoms with E-state index in [1.165, 1.54) is 0 Å². The molecule has 5 nitrogen and oxygen atoms in total. The molecule has 2 heterocycles. The number of rotatable bonds is 4. The van der Waals surface area contributed by atoms with Gasteiger partial charge in [0.25, 0.3) is 0 Å². The van der Waals surface area contributed by atoms with Crippen LogP contribution in [0.25, 0.3) is 23.1 Å². The molecule has 5 heteroatoms. The summed E-state index contributed by atoms with van der Waals surface area (Å²) in [5.41, 5.74) is 2.57. The molecule has 0 N–H and O–H groups in total. The normalized spacial score (nSPS) is 11.9. The SMILES string of the molecule is COc1ccc2c(C(C)(C)C)nc(/C=C/c3cccnc3)nc2c1OC. The van der Waals surface area contributed by atoms with Crippen LogP contribution in [0.15, 0.2) is 36.7 Å². The van der Waals surface area contributed by atoms with E-state index in [0.717, 1.165) is 22.2 Å². The van der Waals surface area contributed by atoms with Crippen LogP contribution >= 0.6 is 0 Å². The lowest BCUT2D eigenvalue weighted by atomic mass is 9.89. The number of hydrogen-bond acceptors (Lipinski definition) is 5. The third-order valence-electron chi connectivity index (χ3n) is 4.05. The summed E-state index contributed by atoms with van der Waals surface area (Å²) >= 11 is 0. The van der Waals surface area contributed by atoms with E-state index in [0.29, 0.717) is 17.3 Å². The van der Waals surface area contributed by atoms with Crippen molar-refractivity contribution in [3.63, 3.8) is 0 Å². The standard InChI is InChI=1S/C21H23N3O2/c1-21(2,3)20-15-9-10-16(25-4)19(26-5)18(15)23-17(24-20)11-8-14-7-6-12-22-13-14/h6-13H,1-5H3/b11-8+. The van der Waals surface area contributed by atoms with Gasteiger partial charge in [-0.3, -0.25) is 4.98 Å². The molecular weight excluding hydrogens is 326 g/mol. The third-order valence-corrected chi connectivity index (χ3v) is 4.05. The zero-order valence-electron chi connectivity index (χ0n) is 15.8. The van der Waals surface area contributed by atoms with Crippen LogP contribution in [0.4, 0.5) is 0 Å². The first-order valence-electron chi connectivity index (χ1n) is 8.45.